The molecule has 0 aliphatic carbocycles. The maximum absolute atomic E-state index is 11.1. The van der Waals surface area contributed by atoms with Crippen LogP contribution < -0.4 is 16.8 Å². The number of nitrogen functional groups attached to an aromatic ring is 1. The van der Waals surface area contributed by atoms with Crippen molar-refractivity contribution >= 4 is 22.5 Å². The minimum atomic E-state index is -0.492. The number of benzene rings is 1. The SMILES string of the molecule is Nc1cc2oc(=O)[nH]c2cc1NCCn1ccnn1. The minimum absolute atomic E-state index is 0.448. The van der Waals surface area contributed by atoms with Crippen LogP contribution in [-0.4, -0.2) is 26.5 Å². The van der Waals surface area contributed by atoms with E-state index in [2.05, 4.69) is 20.6 Å². The van der Waals surface area contributed by atoms with Crippen molar-refractivity contribution in [2.75, 3.05) is 17.6 Å². The van der Waals surface area contributed by atoms with Crippen molar-refractivity contribution < 1.29 is 4.42 Å². The third-order valence-electron chi connectivity index (χ3n) is 2.72. The van der Waals surface area contributed by atoms with Crippen LogP contribution in [-0.2, 0) is 6.54 Å². The van der Waals surface area contributed by atoms with E-state index in [-0.39, 0.29) is 0 Å². The molecule has 0 bridgehead atoms. The maximum Gasteiger partial charge on any atom is 0.417 e. The second-order valence-electron chi connectivity index (χ2n) is 4.04. The van der Waals surface area contributed by atoms with Gasteiger partial charge in [0.05, 0.1) is 29.6 Å². The first kappa shape index (κ1) is 11.3. The van der Waals surface area contributed by atoms with Gasteiger partial charge in [-0.3, -0.25) is 9.67 Å². The second-order valence-corrected chi connectivity index (χ2v) is 4.04. The lowest BCUT2D eigenvalue weighted by molar-refractivity contribution is 0.555. The van der Waals surface area contributed by atoms with E-state index >= 15 is 0 Å². The Morgan fingerprint density at radius 1 is 1.47 bits per heavy atom. The predicted octanol–water partition coefficient (Wildman–Crippen LogP) is 0.407. The molecule has 2 aromatic heterocycles. The fraction of sp³-hybridized carbons (Fsp3) is 0.182. The fourth-order valence-corrected chi connectivity index (χ4v) is 1.82. The topological polar surface area (TPSA) is 115 Å². The van der Waals surface area contributed by atoms with Gasteiger partial charge in [-0.2, -0.15) is 0 Å². The molecule has 0 amide bonds. The third-order valence-corrected chi connectivity index (χ3v) is 2.72. The average molecular weight is 260 g/mol. The number of nitrogens with one attached hydrogen (secondary N) is 2. The van der Waals surface area contributed by atoms with Gasteiger partial charge in [-0.05, 0) is 6.07 Å². The zero-order chi connectivity index (χ0) is 13.2. The highest BCUT2D eigenvalue weighted by molar-refractivity contribution is 5.85. The van der Waals surface area contributed by atoms with E-state index in [1.54, 1.807) is 29.2 Å². The van der Waals surface area contributed by atoms with Gasteiger partial charge in [0, 0.05) is 18.8 Å². The number of fused-ring (bicyclic) bond motifs is 1. The number of anilines is 2. The third kappa shape index (κ3) is 2.28. The van der Waals surface area contributed by atoms with Gasteiger partial charge in [-0.15, -0.1) is 5.10 Å². The van der Waals surface area contributed by atoms with E-state index in [1.165, 1.54) is 0 Å². The first-order valence-corrected chi connectivity index (χ1v) is 5.73. The van der Waals surface area contributed by atoms with Gasteiger partial charge in [0.25, 0.3) is 0 Å². The molecule has 3 rings (SSSR count). The summed E-state index contributed by atoms with van der Waals surface area (Å²) in [4.78, 5) is 13.7. The van der Waals surface area contributed by atoms with E-state index in [4.69, 9.17) is 10.2 Å². The van der Waals surface area contributed by atoms with Crippen molar-refractivity contribution in [3.05, 3.63) is 35.1 Å². The van der Waals surface area contributed by atoms with Gasteiger partial charge < -0.3 is 15.5 Å². The Balaban J connectivity index is 1.76. The zero-order valence-electron chi connectivity index (χ0n) is 9.96. The molecule has 0 aliphatic heterocycles. The Morgan fingerprint density at radius 3 is 3.16 bits per heavy atom. The highest BCUT2D eigenvalue weighted by atomic mass is 16.4. The molecule has 2 heterocycles. The largest absolute Gasteiger partial charge is 0.417 e. The van der Waals surface area contributed by atoms with Gasteiger partial charge in [-0.1, -0.05) is 5.21 Å². The van der Waals surface area contributed by atoms with Crippen molar-refractivity contribution in [1.82, 2.24) is 20.0 Å². The molecule has 4 N–H and O–H groups in total. The summed E-state index contributed by atoms with van der Waals surface area (Å²) < 4.78 is 6.64. The molecule has 0 radical (unpaired) electrons. The smallest absolute Gasteiger partial charge is 0.408 e. The number of hydrogen-bond acceptors (Lipinski definition) is 6. The van der Waals surface area contributed by atoms with E-state index in [9.17, 15) is 4.79 Å². The molecule has 0 spiro atoms. The van der Waals surface area contributed by atoms with Crippen LogP contribution in [0.3, 0.4) is 0 Å². The van der Waals surface area contributed by atoms with E-state index in [0.717, 1.165) is 5.69 Å². The summed E-state index contributed by atoms with van der Waals surface area (Å²) in [6.45, 7) is 1.31. The van der Waals surface area contributed by atoms with Crippen LogP contribution in [0.2, 0.25) is 0 Å². The number of aromatic nitrogens is 4. The van der Waals surface area contributed by atoms with E-state index in [0.29, 0.717) is 29.9 Å². The van der Waals surface area contributed by atoms with E-state index in [1.807, 2.05) is 0 Å². The number of nitrogens with two attached hydrogens (primary N) is 1. The standard InChI is InChI=1S/C11H12N6O2/c12-7-5-10-9(15-11(18)19-10)6-8(7)13-1-3-17-4-2-14-16-17/h2,4-6,13H,1,3,12H2,(H,15,18). The quantitative estimate of drug-likeness (QED) is 0.585. The molecule has 0 aliphatic rings. The summed E-state index contributed by atoms with van der Waals surface area (Å²) in [5.41, 5.74) is 8.21. The molecule has 0 fully saturated rings. The van der Waals surface area contributed by atoms with Crippen molar-refractivity contribution in [2.24, 2.45) is 0 Å². The number of oxazole rings is 1. The highest BCUT2D eigenvalue weighted by Crippen LogP contribution is 2.24. The Morgan fingerprint density at radius 2 is 2.37 bits per heavy atom. The summed E-state index contributed by atoms with van der Waals surface area (Å²) in [6.07, 6.45) is 3.40. The molecule has 0 atom stereocenters. The monoisotopic (exact) mass is 260 g/mol. The van der Waals surface area contributed by atoms with Crippen LogP contribution >= 0.6 is 0 Å². The number of nitrogens with zero attached hydrogens (tertiary/aromatic N) is 3. The van der Waals surface area contributed by atoms with Crippen molar-refractivity contribution in [1.29, 1.82) is 0 Å². The summed E-state index contributed by atoms with van der Waals surface area (Å²) >= 11 is 0. The van der Waals surface area contributed by atoms with Crippen LogP contribution in [0.25, 0.3) is 11.1 Å². The van der Waals surface area contributed by atoms with Crippen LogP contribution in [0.5, 0.6) is 0 Å². The average Bonchev–Trinajstić information content (AvgIpc) is 2.98. The molecular formula is C11H12N6O2. The second kappa shape index (κ2) is 4.48. The Kier molecular flexibility index (Phi) is 2.67. The van der Waals surface area contributed by atoms with Gasteiger partial charge in [0.1, 0.15) is 0 Å². The van der Waals surface area contributed by atoms with Crippen LogP contribution in [0.1, 0.15) is 0 Å². The predicted molar refractivity (Wildman–Crippen MR) is 69.8 cm³/mol. The minimum Gasteiger partial charge on any atom is -0.408 e. The summed E-state index contributed by atoms with van der Waals surface area (Å²) in [5.74, 6) is -0.492. The molecule has 3 aromatic rings. The summed E-state index contributed by atoms with van der Waals surface area (Å²) in [5, 5.41) is 10.7. The Hall–Kier alpha value is -2.77. The Labute approximate surface area is 107 Å². The highest BCUT2D eigenvalue weighted by Gasteiger charge is 2.06. The van der Waals surface area contributed by atoms with Crippen molar-refractivity contribution in [3.8, 4) is 0 Å². The molecule has 0 saturated heterocycles. The summed E-state index contributed by atoms with van der Waals surface area (Å²) in [7, 11) is 0. The zero-order valence-corrected chi connectivity index (χ0v) is 9.96. The number of aromatic amines is 1. The van der Waals surface area contributed by atoms with Gasteiger partial charge >= 0.3 is 5.76 Å². The summed E-state index contributed by atoms with van der Waals surface area (Å²) in [6, 6.07) is 3.36. The van der Waals surface area contributed by atoms with Crippen LogP contribution in [0.4, 0.5) is 11.4 Å². The van der Waals surface area contributed by atoms with Gasteiger partial charge in [0.2, 0.25) is 0 Å². The fourth-order valence-electron chi connectivity index (χ4n) is 1.82. The van der Waals surface area contributed by atoms with Crippen molar-refractivity contribution in [2.45, 2.75) is 6.54 Å². The number of H-pyrrole nitrogens is 1. The van der Waals surface area contributed by atoms with E-state index < -0.39 is 5.76 Å². The lowest BCUT2D eigenvalue weighted by atomic mass is 10.2. The molecule has 8 nitrogen and oxygen atoms in total. The lowest BCUT2D eigenvalue weighted by Crippen LogP contribution is -2.12. The first-order valence-electron chi connectivity index (χ1n) is 5.73. The van der Waals surface area contributed by atoms with Gasteiger partial charge in [-0.25, -0.2) is 4.79 Å². The van der Waals surface area contributed by atoms with Crippen molar-refractivity contribution in [3.63, 3.8) is 0 Å². The lowest BCUT2D eigenvalue weighted by Gasteiger charge is -2.08. The van der Waals surface area contributed by atoms with Gasteiger partial charge in [0.15, 0.2) is 5.58 Å². The van der Waals surface area contributed by atoms with Crippen LogP contribution in [0.15, 0.2) is 33.7 Å². The molecule has 1 aromatic carbocycles. The molecule has 98 valence electrons. The molecule has 0 saturated carbocycles. The molecule has 8 heteroatoms. The first-order chi connectivity index (χ1) is 9.22. The Bertz CT molecular complexity index is 742. The maximum atomic E-state index is 11.1. The molecule has 0 unspecified atom stereocenters. The normalized spacial score (nSPS) is 10.9. The number of hydrogen-bond donors (Lipinski definition) is 3. The molecular weight excluding hydrogens is 248 g/mol. The van der Waals surface area contributed by atoms with Crippen LogP contribution in [0, 0.1) is 0 Å². The molecule has 19 heavy (non-hydrogen) atoms. The number of rotatable bonds is 4.